The van der Waals surface area contributed by atoms with Crippen LogP contribution in [0, 0.1) is 11.8 Å². The molecule has 5 nitrogen and oxygen atoms in total. The monoisotopic (exact) mass is 368 g/mol. The van der Waals surface area contributed by atoms with Gasteiger partial charge in [-0.2, -0.15) is 0 Å². The predicted octanol–water partition coefficient (Wildman–Crippen LogP) is 4.96. The van der Waals surface area contributed by atoms with Gasteiger partial charge in [0.05, 0.1) is 12.2 Å². The third-order valence-electron chi connectivity index (χ3n) is 4.02. The van der Waals surface area contributed by atoms with Crippen molar-refractivity contribution in [1.82, 2.24) is 0 Å². The third-order valence-corrected chi connectivity index (χ3v) is 4.02. The molecule has 0 heterocycles. The minimum Gasteiger partial charge on any atom is -0.493 e. The largest absolute Gasteiger partial charge is 0.493 e. The van der Waals surface area contributed by atoms with Crippen molar-refractivity contribution in [2.45, 2.75) is 34.1 Å². The Morgan fingerprint density at radius 2 is 1.48 bits per heavy atom. The lowest BCUT2D eigenvalue weighted by Gasteiger charge is -2.13. The lowest BCUT2D eigenvalue weighted by Crippen LogP contribution is -2.17. The van der Waals surface area contributed by atoms with Crippen molar-refractivity contribution in [2.24, 2.45) is 11.8 Å². The Bertz CT molecular complexity index is 767. The molecule has 0 aliphatic rings. The molecule has 0 bridgehead atoms. The number of rotatable bonds is 8. The molecule has 2 rings (SSSR count). The highest BCUT2D eigenvalue weighted by atomic mass is 16.5. The molecule has 2 aromatic rings. The van der Waals surface area contributed by atoms with E-state index in [9.17, 15) is 9.59 Å². The molecule has 0 saturated heterocycles. The Balaban J connectivity index is 2.01. The van der Waals surface area contributed by atoms with Gasteiger partial charge in [0.15, 0.2) is 0 Å². The zero-order valence-electron chi connectivity index (χ0n) is 16.4. The number of hydrogen-bond donors (Lipinski definition) is 2. The average molecular weight is 368 g/mol. The van der Waals surface area contributed by atoms with Crippen LogP contribution in [0.3, 0.4) is 0 Å². The van der Waals surface area contributed by atoms with E-state index in [0.717, 1.165) is 6.42 Å². The Morgan fingerprint density at radius 3 is 2.07 bits per heavy atom. The first-order valence-corrected chi connectivity index (χ1v) is 9.31. The molecule has 144 valence electrons. The number of anilines is 2. The van der Waals surface area contributed by atoms with Crippen LogP contribution in [0.15, 0.2) is 48.5 Å². The second kappa shape index (κ2) is 9.76. The Labute approximate surface area is 161 Å². The molecule has 0 aromatic heterocycles. The molecular weight excluding hydrogens is 340 g/mol. The maximum Gasteiger partial charge on any atom is 0.259 e. The highest BCUT2D eigenvalue weighted by Crippen LogP contribution is 2.21. The van der Waals surface area contributed by atoms with Gasteiger partial charge in [0.1, 0.15) is 5.75 Å². The van der Waals surface area contributed by atoms with Crippen LogP contribution in [-0.2, 0) is 4.79 Å². The molecule has 0 atom stereocenters. The molecule has 0 aliphatic carbocycles. The van der Waals surface area contributed by atoms with Gasteiger partial charge < -0.3 is 15.4 Å². The van der Waals surface area contributed by atoms with Gasteiger partial charge >= 0.3 is 0 Å². The summed E-state index contributed by atoms with van der Waals surface area (Å²) in [6.07, 6.45) is 0.930. The zero-order valence-corrected chi connectivity index (χ0v) is 16.4. The minimum atomic E-state index is -0.228. The van der Waals surface area contributed by atoms with Crippen LogP contribution < -0.4 is 15.4 Å². The summed E-state index contributed by atoms with van der Waals surface area (Å²) >= 11 is 0. The minimum absolute atomic E-state index is 0.0424. The standard InChI is InChI=1S/C22H28N2O3/c1-15(2)13-14-27-20-8-6-5-7-19(20)22(26)24-18-11-9-17(10-12-18)23-21(25)16(3)4/h5-12,15-16H,13-14H2,1-4H3,(H,23,25)(H,24,26). The number of ether oxygens (including phenoxy) is 1. The van der Waals surface area contributed by atoms with E-state index in [2.05, 4.69) is 24.5 Å². The van der Waals surface area contributed by atoms with Crippen molar-refractivity contribution in [3.05, 3.63) is 54.1 Å². The summed E-state index contributed by atoms with van der Waals surface area (Å²) in [5, 5.41) is 5.69. The quantitative estimate of drug-likeness (QED) is 0.692. The van der Waals surface area contributed by atoms with Crippen LogP contribution in [0.1, 0.15) is 44.5 Å². The summed E-state index contributed by atoms with van der Waals surface area (Å²) in [5.41, 5.74) is 1.85. The third kappa shape index (κ3) is 6.44. The highest BCUT2D eigenvalue weighted by Gasteiger charge is 2.13. The number of carbonyl (C=O) groups is 2. The van der Waals surface area contributed by atoms with Crippen molar-refractivity contribution < 1.29 is 14.3 Å². The molecule has 0 spiro atoms. The van der Waals surface area contributed by atoms with Crippen LogP contribution in [0.4, 0.5) is 11.4 Å². The maximum absolute atomic E-state index is 12.6. The summed E-state index contributed by atoms with van der Waals surface area (Å²) in [5.74, 6) is 0.766. The van der Waals surface area contributed by atoms with Crippen molar-refractivity contribution in [3.63, 3.8) is 0 Å². The smallest absolute Gasteiger partial charge is 0.259 e. The second-order valence-electron chi connectivity index (χ2n) is 7.20. The van der Waals surface area contributed by atoms with Gasteiger partial charge in [-0.25, -0.2) is 0 Å². The molecule has 2 N–H and O–H groups in total. The number of amides is 2. The summed E-state index contributed by atoms with van der Waals surface area (Å²) in [4.78, 5) is 24.4. The highest BCUT2D eigenvalue weighted by molar-refractivity contribution is 6.06. The van der Waals surface area contributed by atoms with Gasteiger partial charge in [0.2, 0.25) is 5.91 Å². The summed E-state index contributed by atoms with van der Waals surface area (Å²) < 4.78 is 5.78. The van der Waals surface area contributed by atoms with E-state index in [4.69, 9.17) is 4.74 Å². The van der Waals surface area contributed by atoms with Crippen molar-refractivity contribution in [1.29, 1.82) is 0 Å². The predicted molar refractivity (Wildman–Crippen MR) is 109 cm³/mol. The van der Waals surface area contributed by atoms with E-state index in [-0.39, 0.29) is 17.7 Å². The first kappa shape index (κ1) is 20.5. The zero-order chi connectivity index (χ0) is 19.8. The van der Waals surface area contributed by atoms with Gasteiger partial charge in [-0.15, -0.1) is 0 Å². The molecule has 27 heavy (non-hydrogen) atoms. The van der Waals surface area contributed by atoms with Crippen LogP contribution >= 0.6 is 0 Å². The SMILES string of the molecule is CC(C)CCOc1ccccc1C(=O)Nc1ccc(NC(=O)C(C)C)cc1. The molecule has 0 fully saturated rings. The lowest BCUT2D eigenvalue weighted by atomic mass is 10.1. The van der Waals surface area contributed by atoms with Crippen LogP contribution in [0.5, 0.6) is 5.75 Å². The summed E-state index contributed by atoms with van der Waals surface area (Å²) in [6, 6.07) is 14.3. The van der Waals surface area contributed by atoms with Gasteiger partial charge in [0.25, 0.3) is 5.91 Å². The Kier molecular flexibility index (Phi) is 7.41. The fourth-order valence-electron chi connectivity index (χ4n) is 2.31. The topological polar surface area (TPSA) is 67.4 Å². The van der Waals surface area contributed by atoms with Crippen LogP contribution in [0.2, 0.25) is 0 Å². The molecule has 2 aromatic carbocycles. The van der Waals surface area contributed by atoms with Gasteiger partial charge in [-0.1, -0.05) is 39.8 Å². The number of benzene rings is 2. The van der Waals surface area contributed by atoms with Gasteiger partial charge in [-0.05, 0) is 48.7 Å². The molecule has 2 amide bonds. The number of hydrogen-bond acceptors (Lipinski definition) is 3. The first-order valence-electron chi connectivity index (χ1n) is 9.31. The average Bonchev–Trinajstić information content (AvgIpc) is 2.63. The van der Waals surface area contributed by atoms with Gasteiger partial charge in [-0.3, -0.25) is 9.59 Å². The van der Waals surface area contributed by atoms with Crippen LogP contribution in [0.25, 0.3) is 0 Å². The van der Waals surface area contributed by atoms with E-state index in [1.807, 2.05) is 26.0 Å². The fraction of sp³-hybridized carbons (Fsp3) is 0.364. The Morgan fingerprint density at radius 1 is 0.889 bits per heavy atom. The summed E-state index contributed by atoms with van der Waals surface area (Å²) in [7, 11) is 0. The summed E-state index contributed by atoms with van der Waals surface area (Å²) in [6.45, 7) is 8.52. The molecule has 0 saturated carbocycles. The van der Waals surface area contributed by atoms with Crippen molar-refractivity contribution in [2.75, 3.05) is 17.2 Å². The van der Waals surface area contributed by atoms with E-state index in [0.29, 0.717) is 35.2 Å². The van der Waals surface area contributed by atoms with Crippen molar-refractivity contribution in [3.8, 4) is 5.75 Å². The van der Waals surface area contributed by atoms with E-state index < -0.39 is 0 Å². The number of nitrogens with one attached hydrogen (secondary N) is 2. The first-order chi connectivity index (χ1) is 12.9. The molecule has 0 unspecified atom stereocenters. The molecule has 5 heteroatoms. The van der Waals surface area contributed by atoms with E-state index in [1.165, 1.54) is 0 Å². The number of carbonyl (C=O) groups excluding carboxylic acids is 2. The maximum atomic E-state index is 12.6. The van der Waals surface area contributed by atoms with E-state index >= 15 is 0 Å². The normalized spacial score (nSPS) is 10.7. The Hall–Kier alpha value is -2.82. The second-order valence-corrected chi connectivity index (χ2v) is 7.20. The van der Waals surface area contributed by atoms with E-state index in [1.54, 1.807) is 36.4 Å². The van der Waals surface area contributed by atoms with Gasteiger partial charge in [0, 0.05) is 17.3 Å². The van der Waals surface area contributed by atoms with Crippen LogP contribution in [-0.4, -0.2) is 18.4 Å². The lowest BCUT2D eigenvalue weighted by molar-refractivity contribution is -0.118. The van der Waals surface area contributed by atoms with Crippen molar-refractivity contribution >= 4 is 23.2 Å². The molecule has 0 aliphatic heterocycles. The molecular formula is C22H28N2O3. The number of para-hydroxylation sites is 1. The molecule has 0 radical (unpaired) electrons. The fourth-order valence-corrected chi connectivity index (χ4v) is 2.31.